The summed E-state index contributed by atoms with van der Waals surface area (Å²) in [6, 6.07) is 20.2. The lowest BCUT2D eigenvalue weighted by Gasteiger charge is -2.34. The summed E-state index contributed by atoms with van der Waals surface area (Å²) < 4.78 is 6.84. The number of nitrogens with zero attached hydrogens (tertiary/aromatic N) is 4. The molecule has 40 heavy (non-hydrogen) atoms. The summed E-state index contributed by atoms with van der Waals surface area (Å²) in [6.07, 6.45) is 0.693. The fourth-order valence-corrected chi connectivity index (χ4v) is 4.28. The van der Waals surface area contributed by atoms with Crippen molar-refractivity contribution in [2.24, 2.45) is 0 Å². The number of rotatable bonds is 10. The summed E-state index contributed by atoms with van der Waals surface area (Å²) in [5.41, 5.74) is 2.52. The average Bonchev–Trinajstić information content (AvgIpc) is 3.34. The Morgan fingerprint density at radius 2 is 1.68 bits per heavy atom. The van der Waals surface area contributed by atoms with Crippen LogP contribution in [0.2, 0.25) is 0 Å². The van der Waals surface area contributed by atoms with Crippen LogP contribution in [0.3, 0.4) is 0 Å². The Labute approximate surface area is 233 Å². The Hall–Kier alpha value is -4.73. The molecule has 2 N–H and O–H groups in total. The van der Waals surface area contributed by atoms with E-state index >= 15 is 0 Å². The largest absolute Gasteiger partial charge is 0.497 e. The van der Waals surface area contributed by atoms with Gasteiger partial charge in [-0.3, -0.25) is 19.3 Å². The third-order valence-electron chi connectivity index (χ3n) is 6.72. The Morgan fingerprint density at radius 1 is 1.00 bits per heavy atom. The van der Waals surface area contributed by atoms with Gasteiger partial charge in [-0.2, -0.15) is 0 Å². The van der Waals surface area contributed by atoms with Crippen LogP contribution in [0.15, 0.2) is 72.8 Å². The van der Waals surface area contributed by atoms with E-state index in [0.29, 0.717) is 40.1 Å². The van der Waals surface area contributed by atoms with E-state index in [2.05, 4.69) is 20.9 Å². The smallest absolute Gasteiger partial charge is 0.249 e. The molecule has 0 spiro atoms. The maximum Gasteiger partial charge on any atom is 0.249 e. The minimum absolute atomic E-state index is 0.148. The van der Waals surface area contributed by atoms with Crippen LogP contribution >= 0.6 is 0 Å². The number of aromatic nitrogens is 3. The third-order valence-corrected chi connectivity index (χ3v) is 6.72. The predicted molar refractivity (Wildman–Crippen MR) is 154 cm³/mol. The van der Waals surface area contributed by atoms with E-state index in [0.717, 1.165) is 0 Å². The average molecular weight is 543 g/mol. The van der Waals surface area contributed by atoms with Crippen LogP contribution in [0, 0.1) is 0 Å². The molecule has 4 rings (SSSR count). The summed E-state index contributed by atoms with van der Waals surface area (Å²) in [6.45, 7) is 7.14. The van der Waals surface area contributed by atoms with Gasteiger partial charge in [0.05, 0.1) is 12.6 Å². The molecule has 0 fully saturated rings. The van der Waals surface area contributed by atoms with Gasteiger partial charge in [0, 0.05) is 23.8 Å². The van der Waals surface area contributed by atoms with Gasteiger partial charge in [0.15, 0.2) is 0 Å². The highest BCUT2D eigenvalue weighted by atomic mass is 16.5. The van der Waals surface area contributed by atoms with Gasteiger partial charge in [-0.1, -0.05) is 36.4 Å². The second-order valence-corrected chi connectivity index (χ2v) is 10.1. The number of hydrogen-bond acceptors (Lipinski definition) is 6. The van der Waals surface area contributed by atoms with Crippen molar-refractivity contribution in [3.05, 3.63) is 78.4 Å². The molecule has 208 valence electrons. The van der Waals surface area contributed by atoms with Crippen molar-refractivity contribution < 1.29 is 19.1 Å². The van der Waals surface area contributed by atoms with Crippen LogP contribution in [0.5, 0.6) is 5.75 Å². The minimum Gasteiger partial charge on any atom is -0.497 e. The Balaban J connectivity index is 1.82. The van der Waals surface area contributed by atoms with E-state index in [1.165, 1.54) is 16.5 Å². The van der Waals surface area contributed by atoms with Gasteiger partial charge in [0.25, 0.3) is 0 Å². The SMILES string of the molecule is CCC(C)(C)NC(=O)[C@H](c1ccc(OC)cc1)N(C(=O)Cn1nnc2ccccc21)c1ccc(NC(C)=O)cc1. The van der Waals surface area contributed by atoms with Crippen LogP contribution in [0.1, 0.15) is 45.7 Å². The van der Waals surface area contributed by atoms with Gasteiger partial charge in [0.2, 0.25) is 17.7 Å². The van der Waals surface area contributed by atoms with E-state index in [9.17, 15) is 14.4 Å². The lowest BCUT2D eigenvalue weighted by Crippen LogP contribution is -2.51. The van der Waals surface area contributed by atoms with E-state index in [1.807, 2.05) is 45.0 Å². The first kappa shape index (κ1) is 28.3. The fraction of sp³-hybridized carbons (Fsp3) is 0.300. The van der Waals surface area contributed by atoms with Crippen LogP contribution in [-0.2, 0) is 20.9 Å². The number of ether oxygens (including phenoxy) is 1. The zero-order valence-electron chi connectivity index (χ0n) is 23.3. The maximum atomic E-state index is 14.2. The molecule has 1 heterocycles. The number of nitrogens with one attached hydrogen (secondary N) is 2. The zero-order valence-corrected chi connectivity index (χ0v) is 23.3. The molecule has 10 heteroatoms. The second-order valence-electron chi connectivity index (χ2n) is 10.1. The van der Waals surface area contributed by atoms with Crippen LogP contribution in [0.25, 0.3) is 11.0 Å². The molecule has 4 aromatic rings. The highest BCUT2D eigenvalue weighted by molar-refractivity contribution is 6.02. The lowest BCUT2D eigenvalue weighted by molar-refractivity contribution is -0.128. The molecular weight excluding hydrogens is 508 g/mol. The van der Waals surface area contributed by atoms with Gasteiger partial charge in [-0.25, -0.2) is 4.68 Å². The molecule has 0 unspecified atom stereocenters. The number of benzene rings is 3. The number of carbonyl (C=O) groups is 3. The van der Waals surface area contributed by atoms with Crippen molar-refractivity contribution in [2.45, 2.75) is 52.2 Å². The van der Waals surface area contributed by atoms with Crippen molar-refractivity contribution in [1.29, 1.82) is 0 Å². The monoisotopic (exact) mass is 542 g/mol. The molecule has 0 aliphatic carbocycles. The van der Waals surface area contributed by atoms with E-state index in [1.54, 1.807) is 55.6 Å². The van der Waals surface area contributed by atoms with Gasteiger partial charge < -0.3 is 15.4 Å². The highest BCUT2D eigenvalue weighted by Crippen LogP contribution is 2.31. The molecule has 0 bridgehead atoms. The molecule has 3 aromatic carbocycles. The number of amides is 3. The van der Waals surface area contributed by atoms with Crippen molar-refractivity contribution in [1.82, 2.24) is 20.3 Å². The Morgan fingerprint density at radius 3 is 2.30 bits per heavy atom. The van der Waals surface area contributed by atoms with Crippen molar-refractivity contribution >= 4 is 40.1 Å². The van der Waals surface area contributed by atoms with Gasteiger partial charge in [-0.05, 0) is 74.4 Å². The highest BCUT2D eigenvalue weighted by Gasteiger charge is 2.35. The first-order chi connectivity index (χ1) is 19.1. The molecule has 3 amide bonds. The molecule has 0 aliphatic rings. The van der Waals surface area contributed by atoms with Crippen molar-refractivity contribution in [2.75, 3.05) is 17.3 Å². The molecule has 0 aliphatic heterocycles. The Kier molecular flexibility index (Phi) is 8.47. The Bertz CT molecular complexity index is 1490. The van der Waals surface area contributed by atoms with Crippen molar-refractivity contribution in [3.8, 4) is 5.75 Å². The molecule has 0 saturated heterocycles. The molecular formula is C30H34N6O4. The normalized spacial score (nSPS) is 12.0. The van der Waals surface area contributed by atoms with Gasteiger partial charge in [0.1, 0.15) is 23.9 Å². The lowest BCUT2D eigenvalue weighted by atomic mass is 9.98. The number of carbonyl (C=O) groups excluding carboxylic acids is 3. The quantitative estimate of drug-likeness (QED) is 0.305. The van der Waals surface area contributed by atoms with Gasteiger partial charge in [-0.15, -0.1) is 5.10 Å². The van der Waals surface area contributed by atoms with Gasteiger partial charge >= 0.3 is 0 Å². The molecule has 1 atom stereocenters. The second kappa shape index (κ2) is 12.0. The first-order valence-corrected chi connectivity index (χ1v) is 13.1. The molecule has 10 nitrogen and oxygen atoms in total. The number of methoxy groups -OCH3 is 1. The van der Waals surface area contributed by atoms with E-state index < -0.39 is 11.6 Å². The summed E-state index contributed by atoms with van der Waals surface area (Å²) in [7, 11) is 1.57. The van der Waals surface area contributed by atoms with E-state index in [-0.39, 0.29) is 24.3 Å². The first-order valence-electron chi connectivity index (χ1n) is 13.1. The van der Waals surface area contributed by atoms with Crippen molar-refractivity contribution in [3.63, 3.8) is 0 Å². The fourth-order valence-electron chi connectivity index (χ4n) is 4.28. The summed E-state index contributed by atoms with van der Waals surface area (Å²) in [4.78, 5) is 41.2. The molecule has 1 aromatic heterocycles. The topological polar surface area (TPSA) is 118 Å². The third kappa shape index (κ3) is 6.45. The van der Waals surface area contributed by atoms with Crippen LogP contribution < -0.4 is 20.3 Å². The standard InChI is InChI=1S/C30H34N6O4/c1-6-30(3,4)32-29(39)28(21-11-17-24(40-5)18-12-21)36(23-15-13-22(14-16-23)31-20(2)37)27(38)19-35-26-10-8-7-9-25(26)33-34-35/h7-18,28H,6,19H2,1-5H3,(H,31,37)(H,32,39)/t28-/m0/s1. The minimum atomic E-state index is -1.01. The number of anilines is 2. The summed E-state index contributed by atoms with van der Waals surface area (Å²) >= 11 is 0. The molecule has 0 saturated carbocycles. The van der Waals surface area contributed by atoms with Crippen LogP contribution in [-0.4, -0.2) is 45.4 Å². The predicted octanol–water partition coefficient (Wildman–Crippen LogP) is 4.48. The maximum absolute atomic E-state index is 14.2. The number of fused-ring (bicyclic) bond motifs is 1. The van der Waals surface area contributed by atoms with E-state index in [4.69, 9.17) is 4.74 Å². The number of hydrogen-bond donors (Lipinski definition) is 2. The molecule has 0 radical (unpaired) electrons. The zero-order chi connectivity index (χ0) is 28.9. The number of para-hydroxylation sites is 1. The summed E-state index contributed by atoms with van der Waals surface area (Å²) in [5, 5.41) is 14.2. The summed E-state index contributed by atoms with van der Waals surface area (Å²) in [5.74, 6) is -0.285. The van der Waals surface area contributed by atoms with Crippen LogP contribution in [0.4, 0.5) is 11.4 Å².